The first-order valence-corrected chi connectivity index (χ1v) is 6.41. The Hall–Kier alpha value is -2.56. The highest BCUT2D eigenvalue weighted by molar-refractivity contribution is 5.96. The Labute approximate surface area is 118 Å². The number of carbonyl (C=O) groups is 1. The average molecular weight is 270 g/mol. The number of nitrogens with two attached hydrogens (primary N) is 1. The van der Waals surface area contributed by atoms with Crippen molar-refractivity contribution in [3.63, 3.8) is 0 Å². The van der Waals surface area contributed by atoms with E-state index >= 15 is 0 Å². The van der Waals surface area contributed by atoms with Crippen molar-refractivity contribution in [3.8, 4) is 0 Å². The third-order valence-corrected chi connectivity index (χ3v) is 3.05. The second-order valence-corrected chi connectivity index (χ2v) is 4.50. The van der Waals surface area contributed by atoms with Crippen LogP contribution < -0.4 is 16.4 Å². The first kappa shape index (κ1) is 13.9. The zero-order valence-electron chi connectivity index (χ0n) is 11.6. The largest absolute Gasteiger partial charge is 0.397 e. The number of amides is 1. The van der Waals surface area contributed by atoms with E-state index in [0.29, 0.717) is 11.3 Å². The van der Waals surface area contributed by atoms with Gasteiger partial charge in [-0.05, 0) is 37.3 Å². The highest BCUT2D eigenvalue weighted by Gasteiger charge is 2.11. The van der Waals surface area contributed by atoms with E-state index in [1.54, 1.807) is 31.4 Å². The van der Waals surface area contributed by atoms with Gasteiger partial charge in [0.25, 0.3) is 5.91 Å². The Morgan fingerprint density at radius 2 is 2.10 bits per heavy atom. The molecule has 0 aliphatic heterocycles. The summed E-state index contributed by atoms with van der Waals surface area (Å²) in [7, 11) is 1.60. The van der Waals surface area contributed by atoms with Crippen LogP contribution in [0.5, 0.6) is 0 Å². The van der Waals surface area contributed by atoms with Gasteiger partial charge >= 0.3 is 0 Å². The number of nitrogen functional groups attached to an aromatic ring is 1. The predicted octanol–water partition coefficient (Wildman–Crippen LogP) is 2.20. The third-order valence-electron chi connectivity index (χ3n) is 3.05. The van der Waals surface area contributed by atoms with Crippen LogP contribution >= 0.6 is 0 Å². The van der Waals surface area contributed by atoms with Crippen LogP contribution in [-0.4, -0.2) is 17.9 Å². The maximum Gasteiger partial charge on any atom is 0.251 e. The van der Waals surface area contributed by atoms with Crippen LogP contribution in [0.3, 0.4) is 0 Å². The molecule has 2 rings (SSSR count). The summed E-state index contributed by atoms with van der Waals surface area (Å²) < 4.78 is 0. The molecule has 104 valence electrons. The summed E-state index contributed by atoms with van der Waals surface area (Å²) in [6.07, 6.45) is 1.75. The van der Waals surface area contributed by atoms with Crippen molar-refractivity contribution in [1.82, 2.24) is 10.3 Å². The van der Waals surface area contributed by atoms with Crippen LogP contribution in [0, 0.1) is 0 Å². The molecule has 5 nitrogen and oxygen atoms in total. The van der Waals surface area contributed by atoms with Crippen LogP contribution in [0.2, 0.25) is 0 Å². The molecule has 1 atom stereocenters. The van der Waals surface area contributed by atoms with E-state index in [9.17, 15) is 4.79 Å². The number of pyridine rings is 1. The zero-order valence-corrected chi connectivity index (χ0v) is 11.6. The van der Waals surface area contributed by atoms with Gasteiger partial charge in [0.05, 0.1) is 23.1 Å². The van der Waals surface area contributed by atoms with E-state index in [4.69, 9.17) is 5.73 Å². The maximum absolute atomic E-state index is 11.6. The standard InChI is InChI=1S/C15H18N4O/c1-10(13-5-3-4-8-18-13)19-14-9-11(15(20)17-2)6-7-12(14)16/h3-10,19H,16H2,1-2H3,(H,17,20). The van der Waals surface area contributed by atoms with Crippen LogP contribution in [0.1, 0.15) is 29.0 Å². The topological polar surface area (TPSA) is 80.0 Å². The van der Waals surface area contributed by atoms with Crippen molar-refractivity contribution in [2.75, 3.05) is 18.1 Å². The monoisotopic (exact) mass is 270 g/mol. The van der Waals surface area contributed by atoms with E-state index in [2.05, 4.69) is 15.6 Å². The molecule has 1 aromatic carbocycles. The Kier molecular flexibility index (Phi) is 4.20. The van der Waals surface area contributed by atoms with Gasteiger partial charge < -0.3 is 16.4 Å². The number of rotatable bonds is 4. The van der Waals surface area contributed by atoms with Gasteiger partial charge in [0.15, 0.2) is 0 Å². The maximum atomic E-state index is 11.6. The number of carbonyl (C=O) groups excluding carboxylic acids is 1. The molecule has 2 aromatic rings. The molecule has 0 aliphatic rings. The number of nitrogens with one attached hydrogen (secondary N) is 2. The fraction of sp³-hybridized carbons (Fsp3) is 0.200. The highest BCUT2D eigenvalue weighted by Crippen LogP contribution is 2.24. The lowest BCUT2D eigenvalue weighted by atomic mass is 10.1. The Morgan fingerprint density at radius 1 is 1.30 bits per heavy atom. The lowest BCUT2D eigenvalue weighted by Crippen LogP contribution is -2.18. The molecule has 1 unspecified atom stereocenters. The van der Waals surface area contributed by atoms with Gasteiger partial charge in [-0.3, -0.25) is 9.78 Å². The summed E-state index contributed by atoms with van der Waals surface area (Å²) >= 11 is 0. The van der Waals surface area contributed by atoms with Crippen LogP contribution in [-0.2, 0) is 0 Å². The molecule has 0 bridgehead atoms. The molecule has 0 radical (unpaired) electrons. The Bertz CT molecular complexity index is 598. The summed E-state index contributed by atoms with van der Waals surface area (Å²) in [5.41, 5.74) is 8.75. The van der Waals surface area contributed by atoms with Gasteiger partial charge in [0.1, 0.15) is 0 Å². The Balaban J connectivity index is 2.22. The van der Waals surface area contributed by atoms with E-state index < -0.39 is 0 Å². The molecule has 0 saturated heterocycles. The minimum atomic E-state index is -0.140. The second kappa shape index (κ2) is 6.06. The molecule has 0 spiro atoms. The van der Waals surface area contributed by atoms with Gasteiger partial charge in [-0.15, -0.1) is 0 Å². The number of hydrogen-bond donors (Lipinski definition) is 3. The van der Waals surface area contributed by atoms with Crippen molar-refractivity contribution < 1.29 is 4.79 Å². The molecule has 1 amide bonds. The van der Waals surface area contributed by atoms with Gasteiger partial charge in [0, 0.05) is 18.8 Å². The number of hydrogen-bond acceptors (Lipinski definition) is 4. The molecule has 1 heterocycles. The third kappa shape index (κ3) is 3.06. The normalized spacial score (nSPS) is 11.7. The van der Waals surface area contributed by atoms with Crippen molar-refractivity contribution in [2.24, 2.45) is 0 Å². The average Bonchev–Trinajstić information content (AvgIpc) is 2.49. The van der Waals surface area contributed by atoms with Crippen LogP contribution in [0.25, 0.3) is 0 Å². The summed E-state index contributed by atoms with van der Waals surface area (Å²) in [5, 5.41) is 5.87. The van der Waals surface area contributed by atoms with E-state index in [1.165, 1.54) is 0 Å². The highest BCUT2D eigenvalue weighted by atomic mass is 16.1. The first-order chi connectivity index (χ1) is 9.61. The van der Waals surface area contributed by atoms with E-state index in [1.807, 2.05) is 25.1 Å². The molecule has 0 fully saturated rings. The minimum absolute atomic E-state index is 0.00145. The second-order valence-electron chi connectivity index (χ2n) is 4.50. The van der Waals surface area contributed by atoms with E-state index in [0.717, 1.165) is 11.4 Å². The summed E-state index contributed by atoms with van der Waals surface area (Å²) in [6, 6.07) is 10.9. The summed E-state index contributed by atoms with van der Waals surface area (Å²) in [4.78, 5) is 15.9. The molecule has 0 aliphatic carbocycles. The Morgan fingerprint density at radius 3 is 2.75 bits per heavy atom. The molecule has 5 heteroatoms. The SMILES string of the molecule is CNC(=O)c1ccc(N)c(NC(C)c2ccccn2)c1. The lowest BCUT2D eigenvalue weighted by molar-refractivity contribution is 0.0963. The minimum Gasteiger partial charge on any atom is -0.397 e. The lowest BCUT2D eigenvalue weighted by Gasteiger charge is -2.17. The van der Waals surface area contributed by atoms with Crippen LogP contribution in [0.4, 0.5) is 11.4 Å². The van der Waals surface area contributed by atoms with Gasteiger partial charge in [0.2, 0.25) is 0 Å². The fourth-order valence-electron chi connectivity index (χ4n) is 1.91. The molecule has 20 heavy (non-hydrogen) atoms. The van der Waals surface area contributed by atoms with Crippen molar-refractivity contribution in [2.45, 2.75) is 13.0 Å². The smallest absolute Gasteiger partial charge is 0.251 e. The summed E-state index contributed by atoms with van der Waals surface area (Å²) in [5.74, 6) is -0.140. The zero-order chi connectivity index (χ0) is 14.5. The molecule has 1 aromatic heterocycles. The van der Waals surface area contributed by atoms with Gasteiger partial charge in [-0.1, -0.05) is 6.07 Å². The van der Waals surface area contributed by atoms with Gasteiger partial charge in [-0.25, -0.2) is 0 Å². The quantitative estimate of drug-likeness (QED) is 0.744. The number of benzene rings is 1. The number of aromatic nitrogens is 1. The summed E-state index contributed by atoms with van der Waals surface area (Å²) in [6.45, 7) is 1.99. The predicted molar refractivity (Wildman–Crippen MR) is 80.5 cm³/mol. The van der Waals surface area contributed by atoms with Gasteiger partial charge in [-0.2, -0.15) is 0 Å². The van der Waals surface area contributed by atoms with Crippen LogP contribution in [0.15, 0.2) is 42.6 Å². The number of nitrogens with zero attached hydrogens (tertiary/aromatic N) is 1. The van der Waals surface area contributed by atoms with Crippen molar-refractivity contribution in [3.05, 3.63) is 53.9 Å². The van der Waals surface area contributed by atoms with Crippen molar-refractivity contribution >= 4 is 17.3 Å². The molecule has 0 saturated carbocycles. The van der Waals surface area contributed by atoms with E-state index in [-0.39, 0.29) is 11.9 Å². The van der Waals surface area contributed by atoms with Crippen molar-refractivity contribution in [1.29, 1.82) is 0 Å². The molecular formula is C15H18N4O. The first-order valence-electron chi connectivity index (χ1n) is 6.41. The fourth-order valence-corrected chi connectivity index (χ4v) is 1.91. The number of anilines is 2. The molecular weight excluding hydrogens is 252 g/mol. The molecule has 4 N–H and O–H groups in total.